The molecule has 0 saturated carbocycles. The molecular formula is C42H85Br2N8NaO9. The average molecular weight is 1030 g/mol. The fourth-order valence-corrected chi connectivity index (χ4v) is 5.33. The predicted octanol–water partition coefficient (Wildman–Crippen LogP) is -0.700. The van der Waals surface area contributed by atoms with Crippen molar-refractivity contribution in [2.75, 3.05) is 130 Å². The van der Waals surface area contributed by atoms with Gasteiger partial charge in [-0.05, 0) is 83.1 Å². The molecule has 0 aromatic rings. The fourth-order valence-electron chi connectivity index (χ4n) is 5.22. The summed E-state index contributed by atoms with van der Waals surface area (Å²) >= 11 is 2.99. The molecule has 5 N–H and O–H groups in total. The summed E-state index contributed by atoms with van der Waals surface area (Å²) < 4.78 is 21.5. The number of alkyl halides is 1. The smallest absolute Gasteiger partial charge is 0.542 e. The summed E-state index contributed by atoms with van der Waals surface area (Å²) in [5.74, 6) is -1.05. The minimum absolute atomic E-state index is 0. The Kier molecular flexibility index (Phi) is 41.9. The molecule has 62 heavy (non-hydrogen) atoms. The van der Waals surface area contributed by atoms with Crippen LogP contribution in [0.2, 0.25) is 0 Å². The molecule has 2 fully saturated rings. The number of halogens is 2. The maximum Gasteiger partial charge on any atom is 1.00 e. The van der Waals surface area contributed by atoms with Crippen molar-refractivity contribution in [3.8, 4) is 0 Å². The Labute approximate surface area is 416 Å². The van der Waals surface area contributed by atoms with Crippen molar-refractivity contribution < 1.29 is 72.5 Å². The van der Waals surface area contributed by atoms with Crippen LogP contribution in [0.3, 0.4) is 0 Å². The third-order valence-electron chi connectivity index (χ3n) is 7.44. The molecule has 0 unspecified atom stereocenters. The molecule has 2 heterocycles. The van der Waals surface area contributed by atoms with Gasteiger partial charge in [0.05, 0.1) is 19.6 Å². The summed E-state index contributed by atoms with van der Waals surface area (Å²) in [6, 6.07) is 0. The van der Waals surface area contributed by atoms with Crippen molar-refractivity contribution in [2.45, 2.75) is 112 Å². The number of nitrogens with one attached hydrogen (secondary N) is 5. The molecular weight excluding hydrogens is 943 g/mol. The molecule has 0 bridgehead atoms. The minimum atomic E-state index is -0.569. The van der Waals surface area contributed by atoms with Crippen molar-refractivity contribution in [3.05, 3.63) is 0 Å². The molecule has 0 aromatic carbocycles. The van der Waals surface area contributed by atoms with E-state index in [9.17, 15) is 19.2 Å². The van der Waals surface area contributed by atoms with E-state index in [0.717, 1.165) is 52.4 Å². The maximum atomic E-state index is 12.6. The van der Waals surface area contributed by atoms with E-state index in [0.29, 0.717) is 52.4 Å². The molecule has 17 nitrogen and oxygen atoms in total. The van der Waals surface area contributed by atoms with E-state index in [2.05, 4.69) is 42.5 Å². The SMILES string of the molecule is Br.C1CNCCNCCNCCN1.CC(C)(C)OC(=O)CBr.CC(C)(C)OC(=O)CN1CCNCCN(CC(=O)OC(C)(C)C)CCN(CC(=O)OC(C)(C)C)CC1.C[C-]=O.[Na+]. The zero-order valence-electron chi connectivity index (χ0n) is 40.9. The second-order valence-electron chi connectivity index (χ2n) is 18.3. The zero-order valence-corrected chi connectivity index (χ0v) is 46.2. The molecule has 0 aromatic heterocycles. The van der Waals surface area contributed by atoms with Crippen molar-refractivity contribution in [2.24, 2.45) is 0 Å². The molecule has 2 rings (SSSR count). The summed E-state index contributed by atoms with van der Waals surface area (Å²) in [5.41, 5.74) is -2.00. The summed E-state index contributed by atoms with van der Waals surface area (Å²) in [5, 5.41) is 17.1. The Morgan fingerprint density at radius 1 is 0.452 bits per heavy atom. The van der Waals surface area contributed by atoms with E-state index in [1.807, 2.05) is 97.8 Å². The van der Waals surface area contributed by atoms with Gasteiger partial charge in [-0.2, -0.15) is 6.92 Å². The van der Waals surface area contributed by atoms with Crippen molar-refractivity contribution in [3.63, 3.8) is 0 Å². The van der Waals surface area contributed by atoms with Gasteiger partial charge < -0.3 is 50.3 Å². The molecule has 20 heteroatoms. The molecule has 0 radical (unpaired) electrons. The largest absolute Gasteiger partial charge is 1.00 e. The van der Waals surface area contributed by atoms with E-state index in [-0.39, 0.29) is 101 Å². The maximum absolute atomic E-state index is 12.6. The van der Waals surface area contributed by atoms with Crippen LogP contribution >= 0.6 is 32.9 Å². The van der Waals surface area contributed by atoms with Gasteiger partial charge in [0.2, 0.25) is 0 Å². The minimum Gasteiger partial charge on any atom is -0.542 e. The van der Waals surface area contributed by atoms with Crippen LogP contribution in [-0.4, -0.2) is 197 Å². The molecule has 2 saturated heterocycles. The molecule has 0 aliphatic carbocycles. The van der Waals surface area contributed by atoms with Gasteiger partial charge in [0.25, 0.3) is 0 Å². The van der Waals surface area contributed by atoms with Crippen LogP contribution in [0.1, 0.15) is 90.0 Å². The van der Waals surface area contributed by atoms with Gasteiger partial charge in [0.1, 0.15) is 27.7 Å². The fraction of sp³-hybridized carbons (Fsp3) is 0.881. The van der Waals surface area contributed by atoms with Crippen LogP contribution in [0.15, 0.2) is 0 Å². The van der Waals surface area contributed by atoms with Gasteiger partial charge in [-0.3, -0.25) is 40.2 Å². The van der Waals surface area contributed by atoms with Crippen LogP contribution in [0.5, 0.6) is 0 Å². The first-order chi connectivity index (χ1) is 27.8. The molecule has 2 aliphatic heterocycles. The number of hydrogen-bond donors (Lipinski definition) is 5. The summed E-state index contributed by atoms with van der Waals surface area (Å²) in [6.45, 7) is 37.6. The predicted molar refractivity (Wildman–Crippen MR) is 253 cm³/mol. The third-order valence-corrected chi connectivity index (χ3v) is 7.89. The normalized spacial score (nSPS) is 17.3. The van der Waals surface area contributed by atoms with Crippen molar-refractivity contribution in [1.29, 1.82) is 0 Å². The Balaban J connectivity index is -0.000000525. The molecule has 362 valence electrons. The molecule has 0 atom stereocenters. The number of nitrogens with zero attached hydrogens (tertiary/aromatic N) is 3. The van der Waals surface area contributed by atoms with Crippen molar-refractivity contribution >= 4 is 63.1 Å². The number of ether oxygens (including phenoxy) is 4. The van der Waals surface area contributed by atoms with E-state index in [4.69, 9.17) is 23.7 Å². The van der Waals surface area contributed by atoms with E-state index < -0.39 is 16.8 Å². The van der Waals surface area contributed by atoms with Gasteiger partial charge in [-0.15, -0.1) is 17.0 Å². The van der Waals surface area contributed by atoms with Crippen LogP contribution < -0.4 is 56.1 Å². The second-order valence-corrected chi connectivity index (χ2v) is 18.8. The Hall–Kier alpha value is -0.810. The first-order valence-corrected chi connectivity index (χ1v) is 22.3. The number of carbonyl (C=O) groups is 4. The number of hydrogen-bond acceptors (Lipinski definition) is 17. The van der Waals surface area contributed by atoms with Gasteiger partial charge in [0.15, 0.2) is 0 Å². The quantitative estimate of drug-likeness (QED) is 0.0707. The van der Waals surface area contributed by atoms with Gasteiger partial charge in [-0.25, -0.2) is 0 Å². The van der Waals surface area contributed by atoms with Gasteiger partial charge >= 0.3 is 53.4 Å². The van der Waals surface area contributed by atoms with Crippen LogP contribution in [0, 0.1) is 0 Å². The number of rotatable bonds is 7. The first kappa shape index (κ1) is 67.8. The molecule has 2 aliphatic rings. The third kappa shape index (κ3) is 50.2. The summed E-state index contributed by atoms with van der Waals surface area (Å²) in [6.07, 6.45) is 1.50. The molecule has 0 amide bonds. The number of carbonyl (C=O) groups excluding carboxylic acids is 5. The van der Waals surface area contributed by atoms with E-state index in [1.165, 1.54) is 13.2 Å². The standard InChI is InChI=1S/C26H50N4O6.C8H20N4.C6H11BrO2.C2H3O.BrH.Na/c1-24(2,3)34-21(31)18-28-12-10-27-11-13-29(19-22(32)35-25(4,5)6)15-17-30(16-14-28)20-23(33)36-26(7,8)9;1-2-10-5-6-12-8-7-11-4-3-9-1;1-6(2,3)9-5(8)4-7;1-2-3;;/h27H,10-20H2,1-9H3;9-12H,1-8H2;4H2,1-3H3;1H3;1H;/q;;;-1;;+1. The first-order valence-electron chi connectivity index (χ1n) is 21.2. The topological polar surface area (TPSA) is 192 Å². The Bertz CT molecular complexity index is 1100. The van der Waals surface area contributed by atoms with E-state index >= 15 is 0 Å². The van der Waals surface area contributed by atoms with Crippen molar-refractivity contribution in [1.82, 2.24) is 41.3 Å². The van der Waals surface area contributed by atoms with E-state index in [1.54, 1.807) is 0 Å². The monoisotopic (exact) mass is 1030 g/mol. The van der Waals surface area contributed by atoms with Crippen LogP contribution in [0.25, 0.3) is 0 Å². The summed E-state index contributed by atoms with van der Waals surface area (Å²) in [4.78, 5) is 62.8. The van der Waals surface area contributed by atoms with Gasteiger partial charge in [-0.1, -0.05) is 15.9 Å². The van der Waals surface area contributed by atoms with Crippen LogP contribution in [0.4, 0.5) is 0 Å². The average Bonchev–Trinajstić information content (AvgIpc) is 3.06. The zero-order chi connectivity index (χ0) is 46.3. The number of esters is 4. The van der Waals surface area contributed by atoms with Crippen LogP contribution in [-0.2, 0) is 42.9 Å². The Morgan fingerprint density at radius 3 is 0.839 bits per heavy atom. The second kappa shape index (κ2) is 38.3. The Morgan fingerprint density at radius 2 is 0.645 bits per heavy atom. The molecule has 0 spiro atoms. The van der Waals surface area contributed by atoms with Gasteiger partial charge in [0, 0.05) is 105 Å². The summed E-state index contributed by atoms with van der Waals surface area (Å²) in [7, 11) is 0.